The first-order valence-electron chi connectivity index (χ1n) is 5.17. The van der Waals surface area contributed by atoms with Crippen LogP contribution in [0, 0.1) is 5.92 Å². The van der Waals surface area contributed by atoms with Crippen LogP contribution in [0.1, 0.15) is 32.1 Å². The van der Waals surface area contributed by atoms with Gasteiger partial charge in [0.05, 0.1) is 0 Å². The van der Waals surface area contributed by atoms with Crippen molar-refractivity contribution in [3.8, 4) is 0 Å². The maximum atomic E-state index is 6.36. The molecule has 0 aromatic heterocycles. The minimum absolute atomic E-state index is 0.239. The van der Waals surface area contributed by atoms with Crippen LogP contribution < -0.4 is 5.73 Å². The summed E-state index contributed by atoms with van der Waals surface area (Å²) in [5.74, 6) is 0.962. The first kappa shape index (κ1) is 7.34. The summed E-state index contributed by atoms with van der Waals surface area (Å²) in [4.78, 5) is 2.58. The van der Waals surface area contributed by atoms with Crippen molar-refractivity contribution in [2.24, 2.45) is 11.7 Å². The fraction of sp³-hybridized carbons (Fsp3) is 1.00. The summed E-state index contributed by atoms with van der Waals surface area (Å²) in [6.45, 7) is 0. The molecule has 0 radical (unpaired) electrons. The van der Waals surface area contributed by atoms with Gasteiger partial charge < -0.3 is 10.6 Å². The molecular weight excluding hydrogens is 148 g/mol. The molecule has 0 amide bonds. The maximum absolute atomic E-state index is 6.36. The first-order valence-corrected chi connectivity index (χ1v) is 5.17. The van der Waals surface area contributed by atoms with Crippen molar-refractivity contribution < 1.29 is 0 Å². The van der Waals surface area contributed by atoms with E-state index in [1.54, 1.807) is 0 Å². The van der Waals surface area contributed by atoms with E-state index in [0.717, 1.165) is 18.0 Å². The molecule has 2 saturated carbocycles. The molecule has 2 saturated heterocycles. The van der Waals surface area contributed by atoms with Crippen molar-refractivity contribution in [2.45, 2.75) is 49.7 Å². The standard InChI is InChI=1S/C10H18N2/c1-12-8-2-7-3-9(12)6-10(11,4-7)5-8/h7-9H,2-6,11H2,1H3. The lowest BCUT2D eigenvalue weighted by Crippen LogP contribution is -2.66. The molecule has 2 aliphatic heterocycles. The van der Waals surface area contributed by atoms with Crippen LogP contribution in [0.25, 0.3) is 0 Å². The third kappa shape index (κ3) is 0.826. The summed E-state index contributed by atoms with van der Waals surface area (Å²) in [6, 6.07) is 1.64. The van der Waals surface area contributed by atoms with E-state index in [0.29, 0.717) is 0 Å². The second-order valence-electron chi connectivity index (χ2n) is 5.29. The molecule has 2 N–H and O–H groups in total. The number of nitrogens with zero attached hydrogens (tertiary/aromatic N) is 1. The Kier molecular flexibility index (Phi) is 1.25. The zero-order valence-electron chi connectivity index (χ0n) is 7.79. The highest BCUT2D eigenvalue weighted by atomic mass is 15.2. The van der Waals surface area contributed by atoms with Gasteiger partial charge in [0.1, 0.15) is 0 Å². The normalized spacial score (nSPS) is 58.0. The molecule has 68 valence electrons. The predicted molar refractivity (Wildman–Crippen MR) is 48.8 cm³/mol. The average molecular weight is 166 g/mol. The lowest BCUT2D eigenvalue weighted by atomic mass is 9.60. The first-order chi connectivity index (χ1) is 5.66. The SMILES string of the molecule is CN1C2CC3CC1CC(N)(C3)C2. The number of hydrogen-bond donors (Lipinski definition) is 1. The zero-order chi connectivity index (χ0) is 8.34. The minimum atomic E-state index is 0.239. The van der Waals surface area contributed by atoms with Gasteiger partial charge in [-0.1, -0.05) is 0 Å². The van der Waals surface area contributed by atoms with E-state index < -0.39 is 0 Å². The maximum Gasteiger partial charge on any atom is 0.0186 e. The van der Waals surface area contributed by atoms with Gasteiger partial charge in [0.2, 0.25) is 0 Å². The molecule has 0 aromatic rings. The molecule has 2 heterocycles. The Morgan fingerprint density at radius 3 is 2.25 bits per heavy atom. The van der Waals surface area contributed by atoms with Crippen molar-refractivity contribution in [2.75, 3.05) is 7.05 Å². The van der Waals surface area contributed by atoms with E-state index >= 15 is 0 Å². The van der Waals surface area contributed by atoms with Crippen molar-refractivity contribution in [3.63, 3.8) is 0 Å². The molecule has 2 aliphatic carbocycles. The Hall–Kier alpha value is -0.0800. The Labute approximate surface area is 74.1 Å². The third-order valence-electron chi connectivity index (χ3n) is 4.34. The molecular formula is C10H18N2. The average Bonchev–Trinajstić information content (AvgIpc) is 1.96. The lowest BCUT2D eigenvalue weighted by molar-refractivity contribution is -0.0561. The number of nitrogens with two attached hydrogens (primary N) is 1. The van der Waals surface area contributed by atoms with Crippen LogP contribution >= 0.6 is 0 Å². The highest BCUT2D eigenvalue weighted by Gasteiger charge is 2.51. The Bertz CT molecular complexity index is 198. The predicted octanol–water partition coefficient (Wildman–Crippen LogP) is 0.960. The second kappa shape index (κ2) is 2.05. The Morgan fingerprint density at radius 2 is 1.75 bits per heavy atom. The van der Waals surface area contributed by atoms with Crippen LogP contribution in [0.5, 0.6) is 0 Å². The minimum Gasteiger partial charge on any atom is -0.325 e. The van der Waals surface area contributed by atoms with E-state index in [4.69, 9.17) is 5.73 Å². The van der Waals surface area contributed by atoms with Crippen LogP contribution in [0.4, 0.5) is 0 Å². The molecule has 0 spiro atoms. The molecule has 2 atom stereocenters. The van der Waals surface area contributed by atoms with Gasteiger partial charge in [0.15, 0.2) is 0 Å². The van der Waals surface area contributed by atoms with Crippen molar-refractivity contribution >= 4 is 0 Å². The summed E-state index contributed by atoms with van der Waals surface area (Å²) in [7, 11) is 2.29. The number of hydrogen-bond acceptors (Lipinski definition) is 2. The van der Waals surface area contributed by atoms with Gasteiger partial charge in [0.25, 0.3) is 0 Å². The van der Waals surface area contributed by atoms with Crippen LogP contribution in [0.2, 0.25) is 0 Å². The quantitative estimate of drug-likeness (QED) is 0.581. The Morgan fingerprint density at radius 1 is 1.17 bits per heavy atom. The molecule has 2 unspecified atom stereocenters. The summed E-state index contributed by atoms with van der Waals surface area (Å²) in [5.41, 5.74) is 6.60. The van der Waals surface area contributed by atoms with E-state index in [9.17, 15) is 0 Å². The third-order valence-corrected chi connectivity index (χ3v) is 4.34. The van der Waals surface area contributed by atoms with Gasteiger partial charge in [-0.05, 0) is 45.1 Å². The van der Waals surface area contributed by atoms with Crippen LogP contribution in [-0.2, 0) is 0 Å². The number of piperidine rings is 2. The number of rotatable bonds is 0. The van der Waals surface area contributed by atoms with Crippen LogP contribution in [0.3, 0.4) is 0 Å². The van der Waals surface area contributed by atoms with E-state index in [2.05, 4.69) is 11.9 Å². The molecule has 4 aliphatic rings. The molecule has 2 nitrogen and oxygen atoms in total. The molecule has 4 rings (SSSR count). The molecule has 4 bridgehead atoms. The molecule has 0 aromatic carbocycles. The van der Waals surface area contributed by atoms with Crippen molar-refractivity contribution in [1.29, 1.82) is 0 Å². The van der Waals surface area contributed by atoms with E-state index in [1.807, 2.05) is 0 Å². The highest BCUT2D eigenvalue weighted by Crippen LogP contribution is 2.49. The summed E-state index contributed by atoms with van der Waals surface area (Å²) in [6.07, 6.45) is 6.68. The fourth-order valence-electron chi connectivity index (χ4n) is 3.88. The van der Waals surface area contributed by atoms with Crippen molar-refractivity contribution in [1.82, 2.24) is 4.90 Å². The van der Waals surface area contributed by atoms with Gasteiger partial charge in [0, 0.05) is 17.6 Å². The summed E-state index contributed by atoms with van der Waals surface area (Å²) in [5, 5.41) is 0. The Balaban J connectivity index is 1.95. The van der Waals surface area contributed by atoms with Gasteiger partial charge in [-0.25, -0.2) is 0 Å². The van der Waals surface area contributed by atoms with Gasteiger partial charge in [-0.15, -0.1) is 0 Å². The summed E-state index contributed by atoms with van der Waals surface area (Å²) < 4.78 is 0. The van der Waals surface area contributed by atoms with Gasteiger partial charge in [-0.3, -0.25) is 0 Å². The molecule has 4 fully saturated rings. The molecule has 2 heteroatoms. The second-order valence-corrected chi connectivity index (χ2v) is 5.29. The monoisotopic (exact) mass is 166 g/mol. The van der Waals surface area contributed by atoms with Crippen LogP contribution in [-0.4, -0.2) is 29.6 Å². The smallest absolute Gasteiger partial charge is 0.0186 e. The van der Waals surface area contributed by atoms with E-state index in [-0.39, 0.29) is 5.54 Å². The van der Waals surface area contributed by atoms with Gasteiger partial charge >= 0.3 is 0 Å². The fourth-order valence-corrected chi connectivity index (χ4v) is 3.88. The highest BCUT2D eigenvalue weighted by molar-refractivity contribution is 5.09. The van der Waals surface area contributed by atoms with Crippen LogP contribution in [0.15, 0.2) is 0 Å². The lowest BCUT2D eigenvalue weighted by Gasteiger charge is -2.59. The van der Waals surface area contributed by atoms with Crippen molar-refractivity contribution in [3.05, 3.63) is 0 Å². The zero-order valence-corrected chi connectivity index (χ0v) is 7.79. The summed E-state index contributed by atoms with van der Waals surface area (Å²) >= 11 is 0. The molecule has 12 heavy (non-hydrogen) atoms. The van der Waals surface area contributed by atoms with Gasteiger partial charge in [-0.2, -0.15) is 0 Å². The topological polar surface area (TPSA) is 29.3 Å². The largest absolute Gasteiger partial charge is 0.325 e. The van der Waals surface area contributed by atoms with E-state index in [1.165, 1.54) is 32.1 Å².